The SMILES string of the molecule is Cc1ccccc1[C@@H]1CN(C(=O)[C@@H]2CO2)Cc2sc(Cl)cc21. The van der Waals surface area contributed by atoms with Crippen LogP contribution in [-0.4, -0.2) is 30.1 Å². The van der Waals surface area contributed by atoms with E-state index in [0.29, 0.717) is 19.7 Å². The number of carbonyl (C=O) groups excluding carboxylic acids is 1. The fourth-order valence-corrected chi connectivity index (χ4v) is 4.55. The predicted octanol–water partition coefficient (Wildman–Crippen LogP) is 3.58. The Morgan fingerprint density at radius 1 is 1.36 bits per heavy atom. The Morgan fingerprint density at radius 3 is 2.86 bits per heavy atom. The molecule has 4 rings (SSSR count). The third kappa shape index (κ3) is 2.45. The van der Waals surface area contributed by atoms with Crippen LogP contribution in [0.15, 0.2) is 30.3 Å². The summed E-state index contributed by atoms with van der Waals surface area (Å²) in [6.07, 6.45) is -0.227. The van der Waals surface area contributed by atoms with Gasteiger partial charge in [0.25, 0.3) is 5.91 Å². The van der Waals surface area contributed by atoms with E-state index >= 15 is 0 Å². The number of hydrogen-bond acceptors (Lipinski definition) is 3. The first kappa shape index (κ1) is 14.2. The fourth-order valence-electron chi connectivity index (χ4n) is 3.19. The smallest absolute Gasteiger partial charge is 0.254 e. The highest BCUT2D eigenvalue weighted by molar-refractivity contribution is 7.16. The first-order chi connectivity index (χ1) is 10.6. The second-order valence-electron chi connectivity index (χ2n) is 5.88. The number of ether oxygens (including phenoxy) is 1. The third-order valence-electron chi connectivity index (χ3n) is 4.41. The topological polar surface area (TPSA) is 32.8 Å². The summed E-state index contributed by atoms with van der Waals surface area (Å²) in [5.74, 6) is 0.296. The molecule has 1 aromatic heterocycles. The van der Waals surface area contributed by atoms with E-state index in [1.54, 1.807) is 11.3 Å². The molecule has 3 nitrogen and oxygen atoms in total. The lowest BCUT2D eigenvalue weighted by Gasteiger charge is -2.33. The molecule has 1 saturated heterocycles. The Labute approximate surface area is 138 Å². The second kappa shape index (κ2) is 5.37. The monoisotopic (exact) mass is 333 g/mol. The molecule has 22 heavy (non-hydrogen) atoms. The maximum absolute atomic E-state index is 12.4. The van der Waals surface area contributed by atoms with Gasteiger partial charge >= 0.3 is 0 Å². The first-order valence-electron chi connectivity index (χ1n) is 7.37. The van der Waals surface area contributed by atoms with Gasteiger partial charge in [0.15, 0.2) is 6.10 Å². The van der Waals surface area contributed by atoms with E-state index in [0.717, 1.165) is 4.34 Å². The van der Waals surface area contributed by atoms with Crippen molar-refractivity contribution in [1.29, 1.82) is 0 Å². The summed E-state index contributed by atoms with van der Waals surface area (Å²) in [5, 5.41) is 0. The summed E-state index contributed by atoms with van der Waals surface area (Å²) in [6.45, 7) is 4.02. The van der Waals surface area contributed by atoms with Crippen LogP contribution in [0, 0.1) is 6.92 Å². The van der Waals surface area contributed by atoms with Gasteiger partial charge in [0, 0.05) is 17.3 Å². The highest BCUT2D eigenvalue weighted by Gasteiger charge is 2.39. The van der Waals surface area contributed by atoms with Crippen LogP contribution in [0.5, 0.6) is 0 Å². The number of amides is 1. The highest BCUT2D eigenvalue weighted by atomic mass is 35.5. The highest BCUT2D eigenvalue weighted by Crippen LogP contribution is 2.41. The molecule has 0 spiro atoms. The zero-order chi connectivity index (χ0) is 15.3. The largest absolute Gasteiger partial charge is 0.363 e. The minimum absolute atomic E-state index is 0.105. The van der Waals surface area contributed by atoms with Gasteiger partial charge in [-0.1, -0.05) is 35.9 Å². The standard InChI is InChI=1S/C17H16ClNO2S/c1-10-4-2-3-5-11(10)13-7-19(17(20)14-9-21-14)8-15-12(13)6-16(18)22-15/h2-6,13-14H,7-9H2,1H3/t13-,14-/m0/s1. The molecule has 0 aliphatic carbocycles. The summed E-state index contributed by atoms with van der Waals surface area (Å²) in [4.78, 5) is 15.5. The van der Waals surface area contributed by atoms with E-state index in [1.165, 1.54) is 21.6 Å². The number of carbonyl (C=O) groups is 1. The summed E-state index contributed by atoms with van der Waals surface area (Å²) in [7, 11) is 0. The minimum atomic E-state index is -0.227. The average Bonchev–Trinajstić information content (AvgIpc) is 3.27. The molecule has 2 aromatic rings. The zero-order valence-corrected chi connectivity index (χ0v) is 13.8. The number of fused-ring (bicyclic) bond motifs is 1. The number of hydrogen-bond donors (Lipinski definition) is 0. The van der Waals surface area contributed by atoms with Crippen LogP contribution in [0.25, 0.3) is 0 Å². The Hall–Kier alpha value is -1.36. The van der Waals surface area contributed by atoms with Crippen molar-refractivity contribution in [2.75, 3.05) is 13.2 Å². The average molecular weight is 334 g/mol. The fraction of sp³-hybridized carbons (Fsp3) is 0.353. The maximum Gasteiger partial charge on any atom is 0.254 e. The van der Waals surface area contributed by atoms with E-state index in [4.69, 9.17) is 16.3 Å². The molecule has 2 aliphatic heterocycles. The van der Waals surface area contributed by atoms with Crippen molar-refractivity contribution < 1.29 is 9.53 Å². The summed E-state index contributed by atoms with van der Waals surface area (Å²) < 4.78 is 5.96. The molecule has 1 amide bonds. The number of halogens is 1. The Kier molecular flexibility index (Phi) is 3.48. The molecule has 0 radical (unpaired) electrons. The molecule has 3 heterocycles. The molecular formula is C17H16ClNO2S. The number of rotatable bonds is 2. The molecule has 114 valence electrons. The number of aryl methyl sites for hydroxylation is 1. The van der Waals surface area contributed by atoms with E-state index in [-0.39, 0.29) is 17.9 Å². The van der Waals surface area contributed by atoms with Crippen LogP contribution in [-0.2, 0) is 16.1 Å². The Bertz CT molecular complexity index is 738. The molecule has 0 unspecified atom stereocenters. The number of epoxide rings is 1. The van der Waals surface area contributed by atoms with E-state index in [9.17, 15) is 4.79 Å². The van der Waals surface area contributed by atoms with Gasteiger partial charge in [-0.25, -0.2) is 0 Å². The van der Waals surface area contributed by atoms with Gasteiger partial charge in [-0.2, -0.15) is 0 Å². The van der Waals surface area contributed by atoms with Gasteiger partial charge in [-0.15, -0.1) is 11.3 Å². The number of thiophene rings is 1. The zero-order valence-electron chi connectivity index (χ0n) is 12.2. The van der Waals surface area contributed by atoms with Crippen molar-refractivity contribution >= 4 is 28.8 Å². The maximum atomic E-state index is 12.4. The van der Waals surface area contributed by atoms with Crippen molar-refractivity contribution in [2.24, 2.45) is 0 Å². The van der Waals surface area contributed by atoms with E-state index in [1.807, 2.05) is 11.0 Å². The summed E-state index contributed by atoms with van der Waals surface area (Å²) >= 11 is 7.81. The van der Waals surface area contributed by atoms with Gasteiger partial charge in [0.2, 0.25) is 0 Å². The van der Waals surface area contributed by atoms with Crippen LogP contribution < -0.4 is 0 Å². The molecule has 0 N–H and O–H groups in total. The van der Waals surface area contributed by atoms with Crippen molar-refractivity contribution in [3.63, 3.8) is 0 Å². The Balaban J connectivity index is 1.75. The van der Waals surface area contributed by atoms with Gasteiger partial charge in [-0.3, -0.25) is 4.79 Å². The van der Waals surface area contributed by atoms with Gasteiger partial charge in [-0.05, 0) is 29.7 Å². The molecular weight excluding hydrogens is 318 g/mol. The molecule has 5 heteroatoms. The lowest BCUT2D eigenvalue weighted by Crippen LogP contribution is -2.40. The van der Waals surface area contributed by atoms with Crippen LogP contribution in [0.3, 0.4) is 0 Å². The normalized spacial score (nSPS) is 23.3. The van der Waals surface area contributed by atoms with Gasteiger partial charge in [0.1, 0.15) is 0 Å². The molecule has 2 atom stereocenters. The van der Waals surface area contributed by atoms with Crippen molar-refractivity contribution in [3.05, 3.63) is 56.2 Å². The first-order valence-corrected chi connectivity index (χ1v) is 8.57. The van der Waals surface area contributed by atoms with Crippen LogP contribution in [0.2, 0.25) is 4.34 Å². The molecule has 0 bridgehead atoms. The van der Waals surface area contributed by atoms with Crippen LogP contribution >= 0.6 is 22.9 Å². The van der Waals surface area contributed by atoms with Crippen molar-refractivity contribution in [1.82, 2.24) is 4.90 Å². The number of nitrogens with zero attached hydrogens (tertiary/aromatic N) is 1. The molecule has 1 aromatic carbocycles. The Morgan fingerprint density at radius 2 is 2.14 bits per heavy atom. The summed E-state index contributed by atoms with van der Waals surface area (Å²) in [6, 6.07) is 10.4. The predicted molar refractivity (Wildman–Crippen MR) is 87.5 cm³/mol. The molecule has 0 saturated carbocycles. The van der Waals surface area contributed by atoms with E-state index < -0.39 is 0 Å². The molecule has 1 fully saturated rings. The molecule has 2 aliphatic rings. The minimum Gasteiger partial charge on any atom is -0.363 e. The van der Waals surface area contributed by atoms with Crippen LogP contribution in [0.4, 0.5) is 0 Å². The quantitative estimate of drug-likeness (QED) is 0.787. The lowest BCUT2D eigenvalue weighted by molar-refractivity contribution is -0.133. The second-order valence-corrected chi connectivity index (χ2v) is 7.65. The lowest BCUT2D eigenvalue weighted by atomic mass is 9.86. The van der Waals surface area contributed by atoms with Crippen molar-refractivity contribution in [3.8, 4) is 0 Å². The van der Waals surface area contributed by atoms with Crippen LogP contribution in [0.1, 0.15) is 27.5 Å². The third-order valence-corrected chi connectivity index (χ3v) is 5.67. The van der Waals surface area contributed by atoms with Crippen molar-refractivity contribution in [2.45, 2.75) is 25.5 Å². The summed E-state index contributed by atoms with van der Waals surface area (Å²) in [5.41, 5.74) is 3.79. The number of benzene rings is 1. The van der Waals surface area contributed by atoms with Gasteiger partial charge < -0.3 is 9.64 Å². The van der Waals surface area contributed by atoms with Gasteiger partial charge in [0.05, 0.1) is 17.5 Å². The van der Waals surface area contributed by atoms with E-state index in [2.05, 4.69) is 31.2 Å².